The third-order valence-corrected chi connectivity index (χ3v) is 5.31. The highest BCUT2D eigenvalue weighted by Crippen LogP contribution is 2.17. The first kappa shape index (κ1) is 18.2. The van der Waals surface area contributed by atoms with E-state index in [2.05, 4.69) is 42.5 Å². The maximum Gasteiger partial charge on any atom is 0.239 e. The van der Waals surface area contributed by atoms with E-state index in [1.165, 1.54) is 0 Å². The summed E-state index contributed by atoms with van der Waals surface area (Å²) in [6.07, 6.45) is 4.36. The molecule has 11 heteroatoms. The number of nitrogens with zero attached hydrogens (tertiary/aromatic N) is 1. The summed E-state index contributed by atoms with van der Waals surface area (Å²) < 4.78 is 0. The summed E-state index contributed by atoms with van der Waals surface area (Å²) >= 11 is 0. The van der Waals surface area contributed by atoms with E-state index < -0.39 is 6.41 Å². The molecule has 6 atom stereocenters. The first-order valence-corrected chi connectivity index (χ1v) is 9.22. The summed E-state index contributed by atoms with van der Waals surface area (Å²) in [7, 11) is 0. The van der Waals surface area contributed by atoms with Crippen LogP contribution in [0.1, 0.15) is 12.8 Å². The van der Waals surface area contributed by atoms with Gasteiger partial charge in [-0.3, -0.25) is 19.8 Å². The van der Waals surface area contributed by atoms with Gasteiger partial charge in [-0.15, -0.1) is 0 Å². The van der Waals surface area contributed by atoms with E-state index in [1.807, 2.05) is 12.2 Å². The number of aliphatic hydroxyl groups excluding tert-OH is 1. The smallest absolute Gasteiger partial charge is 0.239 e. The molecule has 1 amide bonds. The molecule has 4 aliphatic heterocycles. The number of rotatable bonds is 4. The quantitative estimate of drug-likeness (QED) is 0.235. The summed E-state index contributed by atoms with van der Waals surface area (Å²) in [6, 6.07) is -0.276. The molecule has 0 radical (unpaired) electrons. The number of carbonyl (C=O) groups excluding carboxylic acids is 1. The summed E-state index contributed by atoms with van der Waals surface area (Å²) in [5, 5.41) is 22.0. The lowest BCUT2D eigenvalue weighted by Gasteiger charge is -2.37. The van der Waals surface area contributed by atoms with Gasteiger partial charge in [0.1, 0.15) is 6.04 Å². The van der Waals surface area contributed by atoms with Crippen LogP contribution in [0, 0.1) is 5.92 Å². The van der Waals surface area contributed by atoms with Crippen molar-refractivity contribution >= 4 is 5.91 Å². The monoisotopic (exact) mass is 368 g/mol. The molecule has 0 bridgehead atoms. The van der Waals surface area contributed by atoms with Crippen molar-refractivity contribution in [2.45, 2.75) is 43.8 Å². The SMILES string of the molecule is O=C(NC1NCC=CC1C1NOC(O)N1)C1CCC(N2CCNC2)NN1. The van der Waals surface area contributed by atoms with Crippen molar-refractivity contribution < 1.29 is 14.7 Å². The minimum absolute atomic E-state index is 0.0484. The predicted octanol–water partition coefficient (Wildman–Crippen LogP) is -3.62. The fraction of sp³-hybridized carbons (Fsp3) is 0.800. The zero-order valence-electron chi connectivity index (χ0n) is 14.6. The Morgan fingerprint density at radius 3 is 2.92 bits per heavy atom. The second kappa shape index (κ2) is 8.25. The van der Waals surface area contributed by atoms with Crippen molar-refractivity contribution in [2.75, 3.05) is 26.3 Å². The van der Waals surface area contributed by atoms with E-state index in [1.54, 1.807) is 0 Å². The molecule has 4 rings (SSSR count). The van der Waals surface area contributed by atoms with Crippen LogP contribution in [0.15, 0.2) is 12.2 Å². The molecule has 4 heterocycles. The van der Waals surface area contributed by atoms with Crippen molar-refractivity contribution in [3.05, 3.63) is 12.2 Å². The van der Waals surface area contributed by atoms with E-state index in [0.29, 0.717) is 6.54 Å². The third kappa shape index (κ3) is 4.06. The van der Waals surface area contributed by atoms with Crippen LogP contribution in [0.5, 0.6) is 0 Å². The Balaban J connectivity index is 1.29. The highest BCUT2D eigenvalue weighted by molar-refractivity contribution is 5.82. The number of hydrogen-bond acceptors (Lipinski definition) is 10. The highest BCUT2D eigenvalue weighted by atomic mass is 16.8. The summed E-state index contributed by atoms with van der Waals surface area (Å²) in [5.41, 5.74) is 9.17. The van der Waals surface area contributed by atoms with Gasteiger partial charge in [-0.1, -0.05) is 12.2 Å². The predicted molar refractivity (Wildman–Crippen MR) is 92.4 cm³/mol. The van der Waals surface area contributed by atoms with Crippen LogP contribution < -0.4 is 37.6 Å². The molecule has 8 N–H and O–H groups in total. The lowest BCUT2D eigenvalue weighted by Crippen LogP contribution is -2.65. The van der Waals surface area contributed by atoms with Crippen molar-refractivity contribution in [1.29, 1.82) is 0 Å². The largest absolute Gasteiger partial charge is 0.355 e. The van der Waals surface area contributed by atoms with Crippen LogP contribution in [-0.4, -0.2) is 73.2 Å². The zero-order valence-corrected chi connectivity index (χ0v) is 14.6. The molecular weight excluding hydrogens is 340 g/mol. The Kier molecular flexibility index (Phi) is 5.78. The van der Waals surface area contributed by atoms with E-state index >= 15 is 0 Å². The second-order valence-electron chi connectivity index (χ2n) is 7.04. The number of aliphatic hydroxyl groups is 1. The molecule has 146 valence electrons. The molecule has 4 aliphatic rings. The molecule has 3 fully saturated rings. The molecule has 0 saturated carbocycles. The Labute approximate surface area is 152 Å². The highest BCUT2D eigenvalue weighted by Gasteiger charge is 2.37. The molecule has 0 spiro atoms. The lowest BCUT2D eigenvalue weighted by molar-refractivity contribution is -0.126. The topological polar surface area (TPSA) is 134 Å². The van der Waals surface area contributed by atoms with Gasteiger partial charge in [0.05, 0.1) is 18.5 Å². The number of hydroxylamine groups is 1. The molecule has 0 aromatic carbocycles. The Morgan fingerprint density at radius 2 is 2.23 bits per heavy atom. The van der Waals surface area contributed by atoms with Crippen molar-refractivity contribution in [3.8, 4) is 0 Å². The van der Waals surface area contributed by atoms with Gasteiger partial charge in [-0.05, 0) is 12.8 Å². The van der Waals surface area contributed by atoms with Gasteiger partial charge < -0.3 is 15.7 Å². The molecule has 0 aliphatic carbocycles. The minimum Gasteiger partial charge on any atom is -0.355 e. The summed E-state index contributed by atoms with van der Waals surface area (Å²) in [4.78, 5) is 20.0. The van der Waals surface area contributed by atoms with Crippen molar-refractivity contribution in [3.63, 3.8) is 0 Å². The normalized spacial score (nSPS) is 41.4. The van der Waals surface area contributed by atoms with Crippen LogP contribution in [0.3, 0.4) is 0 Å². The Morgan fingerprint density at radius 1 is 1.31 bits per heavy atom. The molecule has 11 nitrogen and oxygen atoms in total. The van der Waals surface area contributed by atoms with Gasteiger partial charge in [-0.25, -0.2) is 16.2 Å². The Bertz CT molecular complexity index is 521. The van der Waals surface area contributed by atoms with Gasteiger partial charge in [0.25, 0.3) is 0 Å². The number of hydrogen-bond donors (Lipinski definition) is 8. The van der Waals surface area contributed by atoms with Crippen LogP contribution >= 0.6 is 0 Å². The molecule has 0 aromatic rings. The fourth-order valence-electron chi connectivity index (χ4n) is 3.85. The van der Waals surface area contributed by atoms with Crippen molar-refractivity contribution in [2.24, 2.45) is 5.92 Å². The number of amides is 1. The van der Waals surface area contributed by atoms with Crippen LogP contribution in [0.4, 0.5) is 0 Å². The first-order valence-electron chi connectivity index (χ1n) is 9.22. The van der Waals surface area contributed by atoms with Gasteiger partial charge in [-0.2, -0.15) is 5.48 Å². The van der Waals surface area contributed by atoms with Crippen molar-refractivity contribution in [1.82, 2.24) is 42.5 Å². The number of nitrogens with one attached hydrogen (secondary N) is 7. The van der Waals surface area contributed by atoms with E-state index in [-0.39, 0.29) is 36.4 Å². The van der Waals surface area contributed by atoms with E-state index in [9.17, 15) is 9.90 Å². The minimum atomic E-state index is -1.05. The maximum absolute atomic E-state index is 12.7. The molecule has 3 saturated heterocycles. The van der Waals surface area contributed by atoms with Crippen LogP contribution in [0.2, 0.25) is 0 Å². The van der Waals surface area contributed by atoms with Gasteiger partial charge in [0.15, 0.2) is 0 Å². The van der Waals surface area contributed by atoms with Gasteiger partial charge in [0.2, 0.25) is 12.3 Å². The van der Waals surface area contributed by atoms with Crippen LogP contribution in [0.25, 0.3) is 0 Å². The maximum atomic E-state index is 12.7. The number of carbonyl (C=O) groups is 1. The van der Waals surface area contributed by atoms with E-state index in [0.717, 1.165) is 32.6 Å². The number of hydrazine groups is 1. The average molecular weight is 368 g/mol. The van der Waals surface area contributed by atoms with Gasteiger partial charge in [0, 0.05) is 32.2 Å². The van der Waals surface area contributed by atoms with Gasteiger partial charge >= 0.3 is 0 Å². The summed E-state index contributed by atoms with van der Waals surface area (Å²) in [5.74, 6) is -0.141. The standard InChI is InChI=1S/C15H28N8O3/c24-14(10-3-4-11(21-20-10)23-7-6-16-8-23)18-12-9(2-1-5-17-12)13-19-15(25)26-22-13/h1-2,9-13,15-17,19-22,25H,3-8H2,(H,18,24). The fourth-order valence-corrected chi connectivity index (χ4v) is 3.85. The third-order valence-electron chi connectivity index (χ3n) is 5.31. The van der Waals surface area contributed by atoms with E-state index in [4.69, 9.17) is 4.84 Å². The lowest BCUT2D eigenvalue weighted by atomic mass is 9.98. The second-order valence-corrected chi connectivity index (χ2v) is 7.04. The molecule has 26 heavy (non-hydrogen) atoms. The summed E-state index contributed by atoms with van der Waals surface area (Å²) in [6.45, 7) is 3.58. The Hall–Kier alpha value is -1.15. The molecular formula is C15H28N8O3. The zero-order chi connectivity index (χ0) is 17.9. The molecule has 6 unspecified atom stereocenters. The average Bonchev–Trinajstić information content (AvgIpc) is 3.34. The molecule has 0 aromatic heterocycles. The first-order chi connectivity index (χ1) is 12.7. The van der Waals surface area contributed by atoms with Crippen LogP contribution in [-0.2, 0) is 9.63 Å².